The van der Waals surface area contributed by atoms with E-state index >= 15 is 0 Å². The minimum atomic E-state index is -1.28. The number of rotatable bonds is 16. The largest absolute Gasteiger partial charge is 0.493 e. The summed E-state index contributed by atoms with van der Waals surface area (Å²) in [7, 11) is 4.12. The van der Waals surface area contributed by atoms with Crippen LogP contribution in [0.4, 0.5) is 14.4 Å². The van der Waals surface area contributed by atoms with Gasteiger partial charge in [-0.15, -0.1) is 0 Å². The molecule has 0 unspecified atom stereocenters. The van der Waals surface area contributed by atoms with Crippen LogP contribution in [0, 0.1) is 6.92 Å². The fourth-order valence-corrected chi connectivity index (χ4v) is 8.92. The first-order valence-electron chi connectivity index (χ1n) is 24.1. The van der Waals surface area contributed by atoms with Crippen molar-refractivity contribution in [3.05, 3.63) is 57.9 Å². The molecule has 3 heterocycles. The second-order valence-electron chi connectivity index (χ2n) is 20.6. The van der Waals surface area contributed by atoms with Crippen molar-refractivity contribution in [1.29, 1.82) is 0 Å². The molecule has 5 aromatic rings. The SMILES string of the molecule is COc1cc(-c2c3n(c4c(=O)oc5cc(OC(=O)[C@H](CS)NC(=O)OC(C)(C)C)c(C)cc5c24)CCc2c-3cc(OC)c(OC)c2OC(=O)[C@H](CS)NC(=O)OC(C)(C)C)ccc1OC(=O)[C@H](CS)NC(=O)OC(C)(C)C. The van der Waals surface area contributed by atoms with E-state index in [-0.39, 0.29) is 75.8 Å². The average Bonchev–Trinajstić information content (AvgIpc) is 3.69. The van der Waals surface area contributed by atoms with Crippen LogP contribution in [0.5, 0.6) is 34.5 Å². The highest BCUT2D eigenvalue weighted by molar-refractivity contribution is 7.80. The number of fused-ring (bicyclic) bond motifs is 7. The van der Waals surface area contributed by atoms with Crippen molar-refractivity contribution in [1.82, 2.24) is 20.5 Å². The first kappa shape index (κ1) is 59.3. The lowest BCUT2D eigenvalue weighted by molar-refractivity contribution is -0.137. The predicted octanol–water partition coefficient (Wildman–Crippen LogP) is 8.16. The smallest absolute Gasteiger partial charge is 0.408 e. The van der Waals surface area contributed by atoms with E-state index in [1.54, 1.807) is 98.1 Å². The Morgan fingerprint density at radius 3 is 1.58 bits per heavy atom. The normalized spacial score (nSPS) is 13.5. The van der Waals surface area contributed by atoms with Crippen molar-refractivity contribution in [2.75, 3.05) is 38.6 Å². The lowest BCUT2D eigenvalue weighted by Crippen LogP contribution is -2.46. The third kappa shape index (κ3) is 13.8. The summed E-state index contributed by atoms with van der Waals surface area (Å²) in [6.45, 7) is 16.8. The summed E-state index contributed by atoms with van der Waals surface area (Å²) in [4.78, 5) is 94.0. The standard InChI is InChI=1S/C53H64N4O17S3/c1-25-18-29-35(21-34(25)69-45(59)31(23-76)55-49(63)73-52(5,6)7)70-47(61)41-39(29)38(26-14-15-33(36(19-26)65-11)68-44(58)30(22-75)54-48(62)72-51(2,3)4)40-28-20-37(66-12)43(67-13)42(27(28)16-17-57(40)41)71-46(60)32(24-77)56-50(64)74-53(8,9)10/h14-15,18-21,30-32,75-77H,16-17,22-24H2,1-13H3,(H,54,62)(H,55,63)(H,56,64)/t30-,31-,32-/m0/s1. The molecule has 0 saturated heterocycles. The fourth-order valence-electron chi connectivity index (χ4n) is 8.20. The monoisotopic (exact) mass is 1120 g/mol. The van der Waals surface area contributed by atoms with Gasteiger partial charge in [0.2, 0.25) is 5.75 Å². The second-order valence-corrected chi connectivity index (χ2v) is 21.7. The van der Waals surface area contributed by atoms with Gasteiger partial charge in [-0.2, -0.15) is 37.9 Å². The molecule has 0 radical (unpaired) electrons. The number of thiol groups is 3. The number of aryl methyl sites for hydroxylation is 2. The van der Waals surface area contributed by atoms with E-state index < -0.39 is 76.7 Å². The van der Waals surface area contributed by atoms with E-state index in [9.17, 15) is 33.6 Å². The fraction of sp³-hybridized carbons (Fsp3) is 0.453. The molecular weight excluding hydrogens is 1060 g/mol. The Morgan fingerprint density at radius 2 is 1.12 bits per heavy atom. The van der Waals surface area contributed by atoms with Crippen molar-refractivity contribution >= 4 is 95.9 Å². The van der Waals surface area contributed by atoms with E-state index in [2.05, 4.69) is 53.8 Å². The molecule has 0 aliphatic carbocycles. The average molecular weight is 1130 g/mol. The van der Waals surface area contributed by atoms with E-state index in [0.29, 0.717) is 44.3 Å². The van der Waals surface area contributed by atoms with Gasteiger partial charge in [0, 0.05) is 57.3 Å². The van der Waals surface area contributed by atoms with Crippen LogP contribution in [0.25, 0.3) is 44.3 Å². The van der Waals surface area contributed by atoms with Gasteiger partial charge in [-0.1, -0.05) is 6.07 Å². The molecule has 3 atom stereocenters. The van der Waals surface area contributed by atoms with Gasteiger partial charge in [-0.05, 0) is 111 Å². The lowest BCUT2D eigenvalue weighted by atomic mass is 9.90. The van der Waals surface area contributed by atoms with Crippen LogP contribution < -0.4 is 50.0 Å². The van der Waals surface area contributed by atoms with E-state index in [1.807, 2.05) is 0 Å². The molecule has 3 N–H and O–H groups in total. The van der Waals surface area contributed by atoms with Gasteiger partial charge in [0.25, 0.3) is 0 Å². The zero-order valence-electron chi connectivity index (χ0n) is 45.0. The molecule has 1 aliphatic rings. The Morgan fingerprint density at radius 1 is 0.623 bits per heavy atom. The number of hydrogen-bond acceptors (Lipinski definition) is 20. The maximum Gasteiger partial charge on any atom is 0.408 e. The highest BCUT2D eigenvalue weighted by Crippen LogP contribution is 2.53. The van der Waals surface area contributed by atoms with Gasteiger partial charge in [0.1, 0.15) is 51.8 Å². The first-order chi connectivity index (χ1) is 36.0. The quantitative estimate of drug-likeness (QED) is 0.0179. The first-order valence-corrected chi connectivity index (χ1v) is 26.0. The number of ether oxygens (including phenoxy) is 9. The summed E-state index contributed by atoms with van der Waals surface area (Å²) in [6.07, 6.45) is -2.44. The van der Waals surface area contributed by atoms with Gasteiger partial charge >= 0.3 is 41.8 Å². The van der Waals surface area contributed by atoms with Crippen molar-refractivity contribution in [3.63, 3.8) is 0 Å². The summed E-state index contributed by atoms with van der Waals surface area (Å²) < 4.78 is 59.1. The number of amides is 3. The molecule has 0 fully saturated rings. The molecule has 2 aromatic heterocycles. The zero-order valence-corrected chi connectivity index (χ0v) is 47.6. The zero-order chi connectivity index (χ0) is 57.1. The Labute approximate surface area is 460 Å². The van der Waals surface area contributed by atoms with E-state index in [1.165, 1.54) is 33.5 Å². The van der Waals surface area contributed by atoms with Crippen LogP contribution in [-0.4, -0.2) is 114 Å². The van der Waals surface area contributed by atoms with Gasteiger partial charge in [-0.25, -0.2) is 33.6 Å². The summed E-state index contributed by atoms with van der Waals surface area (Å²) in [5, 5.41) is 8.23. The highest BCUT2D eigenvalue weighted by atomic mass is 32.1. The van der Waals surface area contributed by atoms with Crippen LogP contribution in [0.3, 0.4) is 0 Å². The number of esters is 3. The molecule has 6 rings (SSSR count). The highest BCUT2D eigenvalue weighted by Gasteiger charge is 2.36. The van der Waals surface area contributed by atoms with Crippen LogP contribution in [0.2, 0.25) is 0 Å². The maximum absolute atomic E-state index is 14.6. The van der Waals surface area contributed by atoms with Crippen LogP contribution in [0.1, 0.15) is 73.4 Å². The van der Waals surface area contributed by atoms with Crippen molar-refractivity contribution < 1.29 is 75.8 Å². The van der Waals surface area contributed by atoms with Crippen molar-refractivity contribution in [3.8, 4) is 56.9 Å². The third-order valence-corrected chi connectivity index (χ3v) is 12.4. The molecule has 24 heteroatoms. The Kier molecular flexibility index (Phi) is 18.3. The van der Waals surface area contributed by atoms with Gasteiger partial charge in [0.15, 0.2) is 23.0 Å². The summed E-state index contributed by atoms with van der Waals surface area (Å²) >= 11 is 12.8. The van der Waals surface area contributed by atoms with Crippen LogP contribution in [-0.2, 0) is 41.6 Å². The molecule has 3 aromatic carbocycles. The molecule has 0 bridgehead atoms. The Hall–Kier alpha value is -6.92. The predicted molar refractivity (Wildman–Crippen MR) is 295 cm³/mol. The molecule has 416 valence electrons. The number of methoxy groups -OCH3 is 3. The minimum absolute atomic E-state index is 0.00728. The molecular formula is C53H64N4O17S3. The molecule has 0 saturated carbocycles. The Bertz CT molecular complexity index is 3190. The Balaban J connectivity index is 1.57. The van der Waals surface area contributed by atoms with Crippen LogP contribution >= 0.6 is 37.9 Å². The molecule has 0 spiro atoms. The van der Waals surface area contributed by atoms with E-state index in [0.717, 1.165) is 0 Å². The third-order valence-electron chi connectivity index (χ3n) is 11.3. The van der Waals surface area contributed by atoms with Crippen molar-refractivity contribution in [2.24, 2.45) is 0 Å². The maximum atomic E-state index is 14.6. The second kappa shape index (κ2) is 23.8. The number of carbonyl (C=O) groups is 6. The number of aromatic nitrogens is 1. The topological polar surface area (TPSA) is 257 Å². The number of nitrogens with zero attached hydrogens (tertiary/aromatic N) is 1. The number of hydrogen-bond donors (Lipinski definition) is 6. The number of alkyl carbamates (subject to hydrolysis) is 3. The van der Waals surface area contributed by atoms with E-state index in [4.69, 9.17) is 47.0 Å². The minimum Gasteiger partial charge on any atom is -0.493 e. The number of benzene rings is 3. The van der Waals surface area contributed by atoms with Crippen molar-refractivity contribution in [2.45, 2.75) is 117 Å². The number of carbonyl (C=O) groups excluding carboxylic acids is 6. The van der Waals surface area contributed by atoms with Crippen LogP contribution in [0.15, 0.2) is 45.6 Å². The molecule has 77 heavy (non-hydrogen) atoms. The molecule has 21 nitrogen and oxygen atoms in total. The summed E-state index contributed by atoms with van der Waals surface area (Å²) in [5.74, 6) is -2.93. The van der Waals surface area contributed by atoms with Gasteiger partial charge in [0.05, 0.1) is 27.0 Å². The van der Waals surface area contributed by atoms with Gasteiger partial charge in [-0.3, -0.25) is 0 Å². The summed E-state index contributed by atoms with van der Waals surface area (Å²) in [5.41, 5.74) is -0.684. The summed E-state index contributed by atoms with van der Waals surface area (Å²) in [6, 6.07) is 5.70. The molecule has 1 aliphatic heterocycles. The lowest BCUT2D eigenvalue weighted by Gasteiger charge is -2.27. The van der Waals surface area contributed by atoms with Gasteiger partial charge < -0.3 is 67.6 Å². The molecule has 3 amide bonds. The number of nitrogens with one attached hydrogen (secondary N) is 3.